The van der Waals surface area contributed by atoms with E-state index in [2.05, 4.69) is 35.6 Å². The fraction of sp³-hybridized carbons (Fsp3) is 1.00. The summed E-state index contributed by atoms with van der Waals surface area (Å²) < 4.78 is 5.87. The second-order valence-electron chi connectivity index (χ2n) is 5.42. The van der Waals surface area contributed by atoms with Crippen LogP contribution in [0.1, 0.15) is 78.1 Å². The van der Waals surface area contributed by atoms with Crippen LogP contribution in [0.5, 0.6) is 0 Å². The molecule has 3 heteroatoms. The van der Waals surface area contributed by atoms with Gasteiger partial charge in [-0.25, -0.2) is 0 Å². The van der Waals surface area contributed by atoms with Gasteiger partial charge in [0, 0.05) is 7.11 Å². The minimum absolute atomic E-state index is 1.33. The third-order valence-corrected chi connectivity index (χ3v) is 11.2. The van der Waals surface area contributed by atoms with Crippen LogP contribution >= 0.6 is 21.8 Å². The zero-order chi connectivity index (χ0) is 13.7. The Bertz CT molecular complexity index is 178. The number of unbranched alkanes of at least 4 members (excludes halogenated alkanes) is 8. The molecule has 0 spiro atoms. The van der Waals surface area contributed by atoms with Crippen molar-refractivity contribution in [3.05, 3.63) is 0 Å². The molecule has 0 N–H and O–H groups in total. The van der Waals surface area contributed by atoms with Gasteiger partial charge >= 0.3 is 0 Å². The highest BCUT2D eigenvalue weighted by atomic mass is 127. The van der Waals surface area contributed by atoms with Gasteiger partial charge in [-0.15, -0.1) is 0 Å². The summed E-state index contributed by atoms with van der Waals surface area (Å²) in [6.07, 6.45) is 13.9. The summed E-state index contributed by atoms with van der Waals surface area (Å²) in [7, 11) is 1.94. The maximum atomic E-state index is 5.87. The van der Waals surface area contributed by atoms with Crippen molar-refractivity contribution < 1.29 is 4.43 Å². The molecule has 0 aromatic heterocycles. The second-order valence-corrected chi connectivity index (χ2v) is 14.5. The van der Waals surface area contributed by atoms with Crippen molar-refractivity contribution in [3.63, 3.8) is 0 Å². The van der Waals surface area contributed by atoms with Gasteiger partial charge in [-0.05, 0) is 12.1 Å². The van der Waals surface area contributed by atoms with Gasteiger partial charge < -0.3 is 4.43 Å². The molecule has 1 atom stereocenters. The van der Waals surface area contributed by atoms with Gasteiger partial charge in [-0.3, -0.25) is 0 Å². The first-order valence-corrected chi connectivity index (χ1v) is 13.4. The van der Waals surface area contributed by atoms with Crippen LogP contribution in [0.2, 0.25) is 12.1 Å². The van der Waals surface area contributed by atoms with E-state index in [0.29, 0.717) is 0 Å². The zero-order valence-corrected chi connectivity index (χ0v) is 15.9. The van der Waals surface area contributed by atoms with Crippen LogP contribution in [0.15, 0.2) is 0 Å². The van der Waals surface area contributed by atoms with Gasteiger partial charge in [0.2, 0.25) is 0 Å². The summed E-state index contributed by atoms with van der Waals surface area (Å²) in [6, 6.07) is 2.72. The van der Waals surface area contributed by atoms with E-state index in [4.69, 9.17) is 4.43 Å². The molecule has 0 aromatic rings. The predicted molar refractivity (Wildman–Crippen MR) is 93.9 cm³/mol. The Hall–Kier alpha value is 0.907. The van der Waals surface area contributed by atoms with E-state index in [1.54, 1.807) is 0 Å². The van der Waals surface area contributed by atoms with Crippen LogP contribution in [0.4, 0.5) is 0 Å². The molecule has 0 saturated carbocycles. The van der Waals surface area contributed by atoms with Gasteiger partial charge in [0.15, 0.2) is 0 Å². The SMILES string of the molecule is CCCCCCCC[Si](I)(CCCCCC)OC. The third-order valence-electron chi connectivity index (χ3n) is 3.67. The summed E-state index contributed by atoms with van der Waals surface area (Å²) in [5, 5.41) is 0. The summed E-state index contributed by atoms with van der Waals surface area (Å²) >= 11 is 2.68. The number of halogens is 1. The molecule has 0 rings (SSSR count). The van der Waals surface area contributed by atoms with Crippen molar-refractivity contribution in [1.82, 2.24) is 0 Å². The number of hydrogen-bond acceptors (Lipinski definition) is 1. The third kappa shape index (κ3) is 10.8. The first-order valence-electron chi connectivity index (χ1n) is 7.92. The van der Waals surface area contributed by atoms with Crippen molar-refractivity contribution >= 4 is 27.6 Å². The Morgan fingerprint density at radius 2 is 1.11 bits per heavy atom. The maximum Gasteiger partial charge on any atom is 0.258 e. The molecule has 0 bridgehead atoms. The minimum atomic E-state index is -1.37. The molecule has 1 nitrogen and oxygen atoms in total. The lowest BCUT2D eigenvalue weighted by atomic mass is 10.1. The molecular weight excluding hydrogens is 351 g/mol. The Labute approximate surface area is 129 Å². The van der Waals surface area contributed by atoms with Crippen LogP contribution < -0.4 is 0 Å². The molecule has 0 aliphatic rings. The van der Waals surface area contributed by atoms with E-state index in [-0.39, 0.29) is 0 Å². The molecule has 0 aliphatic carbocycles. The molecule has 0 aromatic carbocycles. The van der Waals surface area contributed by atoms with Gasteiger partial charge in [-0.1, -0.05) is 99.9 Å². The Morgan fingerprint density at radius 1 is 0.722 bits per heavy atom. The topological polar surface area (TPSA) is 9.23 Å². The van der Waals surface area contributed by atoms with Crippen molar-refractivity contribution in [2.24, 2.45) is 0 Å². The number of rotatable bonds is 13. The fourth-order valence-electron chi connectivity index (χ4n) is 2.31. The second kappa shape index (κ2) is 12.9. The van der Waals surface area contributed by atoms with Crippen LogP contribution in [0, 0.1) is 0 Å². The highest BCUT2D eigenvalue weighted by Crippen LogP contribution is 2.29. The van der Waals surface area contributed by atoms with E-state index < -0.39 is 5.81 Å². The maximum absolute atomic E-state index is 5.87. The number of hydrogen-bond donors (Lipinski definition) is 0. The summed E-state index contributed by atoms with van der Waals surface area (Å²) in [4.78, 5) is 0. The first kappa shape index (κ1) is 18.9. The quantitative estimate of drug-likeness (QED) is 0.153. The molecular formula is C15H33IOSi. The molecule has 0 heterocycles. The lowest BCUT2D eigenvalue weighted by molar-refractivity contribution is 0.408. The van der Waals surface area contributed by atoms with E-state index in [9.17, 15) is 0 Å². The van der Waals surface area contributed by atoms with Crippen molar-refractivity contribution in [2.75, 3.05) is 7.11 Å². The highest BCUT2D eigenvalue weighted by molar-refractivity contribution is 14.1. The van der Waals surface area contributed by atoms with Crippen molar-refractivity contribution in [3.8, 4) is 0 Å². The molecule has 0 amide bonds. The summed E-state index contributed by atoms with van der Waals surface area (Å²) in [5.41, 5.74) is 0. The molecule has 0 aliphatic heterocycles. The zero-order valence-electron chi connectivity index (χ0n) is 12.8. The van der Waals surface area contributed by atoms with E-state index in [1.807, 2.05) is 7.11 Å². The van der Waals surface area contributed by atoms with Crippen LogP contribution in [0.3, 0.4) is 0 Å². The van der Waals surface area contributed by atoms with E-state index >= 15 is 0 Å². The van der Waals surface area contributed by atoms with Crippen molar-refractivity contribution in [2.45, 2.75) is 90.1 Å². The lowest BCUT2D eigenvalue weighted by Crippen LogP contribution is -2.28. The minimum Gasteiger partial charge on any atom is -0.410 e. The predicted octanol–water partition coefficient (Wildman–Crippen LogP) is 6.45. The van der Waals surface area contributed by atoms with Crippen LogP contribution in [0.25, 0.3) is 0 Å². The van der Waals surface area contributed by atoms with E-state index in [1.165, 1.54) is 76.3 Å². The fourth-order valence-corrected chi connectivity index (χ4v) is 6.82. The lowest BCUT2D eigenvalue weighted by Gasteiger charge is -2.23. The average molecular weight is 384 g/mol. The Balaban J connectivity index is 3.58. The van der Waals surface area contributed by atoms with Crippen LogP contribution in [-0.4, -0.2) is 12.9 Å². The van der Waals surface area contributed by atoms with Gasteiger partial charge in [-0.2, -0.15) is 0 Å². The van der Waals surface area contributed by atoms with Gasteiger partial charge in [0.25, 0.3) is 5.81 Å². The monoisotopic (exact) mass is 384 g/mol. The van der Waals surface area contributed by atoms with Gasteiger partial charge in [0.05, 0.1) is 0 Å². The average Bonchev–Trinajstić information content (AvgIpc) is 2.39. The van der Waals surface area contributed by atoms with E-state index in [0.717, 1.165) is 0 Å². The van der Waals surface area contributed by atoms with Crippen LogP contribution in [-0.2, 0) is 4.43 Å². The molecule has 18 heavy (non-hydrogen) atoms. The Kier molecular flexibility index (Phi) is 13.6. The molecule has 0 saturated heterocycles. The smallest absolute Gasteiger partial charge is 0.258 e. The molecule has 1 unspecified atom stereocenters. The first-order chi connectivity index (χ1) is 8.68. The standard InChI is InChI=1S/C15H33IOSi/c1-4-6-8-10-11-13-15-18(16,17-3)14-12-9-7-5-2/h4-15H2,1-3H3. The normalized spacial score (nSPS) is 14.7. The van der Waals surface area contributed by atoms with Gasteiger partial charge in [0.1, 0.15) is 0 Å². The summed E-state index contributed by atoms with van der Waals surface area (Å²) in [5.74, 6) is -1.37. The molecule has 110 valence electrons. The molecule has 0 fully saturated rings. The van der Waals surface area contributed by atoms with Crippen molar-refractivity contribution in [1.29, 1.82) is 0 Å². The Morgan fingerprint density at radius 3 is 1.56 bits per heavy atom. The molecule has 0 radical (unpaired) electrons. The highest BCUT2D eigenvalue weighted by Gasteiger charge is 2.28. The largest absolute Gasteiger partial charge is 0.410 e. The summed E-state index contributed by atoms with van der Waals surface area (Å²) in [6.45, 7) is 4.56.